The topological polar surface area (TPSA) is 66.8 Å². The lowest BCUT2D eigenvalue weighted by Gasteiger charge is -2.22. The molecule has 0 spiro atoms. The Kier molecular flexibility index (Phi) is 2.68. The molecule has 4 nitrogen and oxygen atoms in total. The van der Waals surface area contributed by atoms with Crippen LogP contribution in [0.2, 0.25) is 0 Å². The highest BCUT2D eigenvalue weighted by Crippen LogP contribution is 2.40. The molecular weight excluding hydrogens is 244 g/mol. The minimum absolute atomic E-state index is 0.00916. The largest absolute Gasteiger partial charge is 0.508 e. The molecule has 0 aliphatic heterocycles. The number of aliphatic hydroxyl groups is 1. The van der Waals surface area contributed by atoms with E-state index < -0.39 is 6.10 Å². The van der Waals surface area contributed by atoms with E-state index in [0.29, 0.717) is 35.1 Å². The van der Waals surface area contributed by atoms with Crippen molar-refractivity contribution in [2.75, 3.05) is 7.11 Å². The standard InChI is InChI=1S/C15H14O4/c1-19-13-7-9(16)6-8-2-3-10-11(17)4-5-12(18)15(10)14(8)13/h2-3,6-7,11,16-17H,4-5H2,1H3. The lowest BCUT2D eigenvalue weighted by Crippen LogP contribution is -2.16. The fraction of sp³-hybridized carbons (Fsp3) is 0.267. The number of methoxy groups -OCH3 is 1. The van der Waals surface area contributed by atoms with Crippen LogP contribution in [0.15, 0.2) is 24.3 Å². The SMILES string of the molecule is COc1cc(O)cc2ccc3c(c12)C(=O)CCC3O. The van der Waals surface area contributed by atoms with Gasteiger partial charge in [-0.15, -0.1) is 0 Å². The molecule has 0 saturated carbocycles. The molecule has 19 heavy (non-hydrogen) atoms. The van der Waals surface area contributed by atoms with Crippen molar-refractivity contribution in [3.05, 3.63) is 35.4 Å². The lowest BCUT2D eigenvalue weighted by atomic mass is 9.84. The van der Waals surface area contributed by atoms with Gasteiger partial charge in [-0.3, -0.25) is 4.79 Å². The normalized spacial score (nSPS) is 18.4. The third-order valence-corrected chi connectivity index (χ3v) is 3.60. The molecule has 2 aromatic rings. The summed E-state index contributed by atoms with van der Waals surface area (Å²) < 4.78 is 5.26. The second-order valence-electron chi connectivity index (χ2n) is 4.75. The third kappa shape index (κ3) is 1.76. The van der Waals surface area contributed by atoms with Gasteiger partial charge in [-0.1, -0.05) is 12.1 Å². The number of carbonyl (C=O) groups is 1. The first-order valence-electron chi connectivity index (χ1n) is 6.16. The summed E-state index contributed by atoms with van der Waals surface area (Å²) in [7, 11) is 1.50. The number of carbonyl (C=O) groups excluding carboxylic acids is 1. The van der Waals surface area contributed by atoms with Crippen LogP contribution in [0.3, 0.4) is 0 Å². The number of aromatic hydroxyl groups is 1. The highest BCUT2D eigenvalue weighted by Gasteiger charge is 2.27. The van der Waals surface area contributed by atoms with Gasteiger partial charge in [0.15, 0.2) is 5.78 Å². The Hall–Kier alpha value is -2.07. The van der Waals surface area contributed by atoms with Crippen LogP contribution in [0.1, 0.15) is 34.9 Å². The molecular formula is C15H14O4. The molecule has 1 unspecified atom stereocenters. The molecule has 2 N–H and O–H groups in total. The predicted molar refractivity (Wildman–Crippen MR) is 70.7 cm³/mol. The van der Waals surface area contributed by atoms with Gasteiger partial charge in [0.1, 0.15) is 11.5 Å². The number of fused-ring (bicyclic) bond motifs is 3. The first-order valence-corrected chi connectivity index (χ1v) is 6.16. The summed E-state index contributed by atoms with van der Waals surface area (Å²) in [4.78, 5) is 12.2. The Morgan fingerprint density at radius 2 is 2.11 bits per heavy atom. The van der Waals surface area contributed by atoms with E-state index in [1.807, 2.05) is 0 Å². The molecule has 0 bridgehead atoms. The van der Waals surface area contributed by atoms with Crippen molar-refractivity contribution in [1.29, 1.82) is 0 Å². The summed E-state index contributed by atoms with van der Waals surface area (Å²) >= 11 is 0. The molecule has 0 radical (unpaired) electrons. The number of phenolic OH excluding ortho intramolecular Hbond substituents is 1. The number of hydrogen-bond acceptors (Lipinski definition) is 4. The maximum absolute atomic E-state index is 12.2. The number of ether oxygens (including phenoxy) is 1. The number of ketones is 1. The summed E-state index contributed by atoms with van der Waals surface area (Å²) in [6.07, 6.45) is 0.172. The van der Waals surface area contributed by atoms with Gasteiger partial charge >= 0.3 is 0 Å². The second kappa shape index (κ2) is 4.24. The van der Waals surface area contributed by atoms with E-state index in [4.69, 9.17) is 4.74 Å². The fourth-order valence-electron chi connectivity index (χ4n) is 2.72. The zero-order valence-electron chi connectivity index (χ0n) is 10.5. The maximum Gasteiger partial charge on any atom is 0.164 e. The van der Waals surface area contributed by atoms with Gasteiger partial charge in [0.25, 0.3) is 0 Å². The van der Waals surface area contributed by atoms with Crippen LogP contribution in [0.25, 0.3) is 10.8 Å². The Labute approximate surface area is 110 Å². The van der Waals surface area contributed by atoms with Gasteiger partial charge in [0.2, 0.25) is 0 Å². The van der Waals surface area contributed by atoms with Crippen molar-refractivity contribution in [2.24, 2.45) is 0 Å². The van der Waals surface area contributed by atoms with E-state index in [1.165, 1.54) is 13.2 Å². The predicted octanol–water partition coefficient (Wildman–Crippen LogP) is 2.56. The summed E-state index contributed by atoms with van der Waals surface area (Å²) in [5.74, 6) is 0.553. The number of benzene rings is 2. The van der Waals surface area contributed by atoms with Crippen LogP contribution in [-0.4, -0.2) is 23.1 Å². The molecule has 1 atom stereocenters. The van der Waals surface area contributed by atoms with Crippen LogP contribution >= 0.6 is 0 Å². The summed E-state index contributed by atoms with van der Waals surface area (Å²) in [6, 6.07) is 6.61. The molecule has 4 heteroatoms. The van der Waals surface area contributed by atoms with Crippen molar-refractivity contribution >= 4 is 16.6 Å². The van der Waals surface area contributed by atoms with Crippen LogP contribution < -0.4 is 4.74 Å². The monoisotopic (exact) mass is 258 g/mol. The van der Waals surface area contributed by atoms with Gasteiger partial charge in [-0.25, -0.2) is 0 Å². The van der Waals surface area contributed by atoms with E-state index >= 15 is 0 Å². The van der Waals surface area contributed by atoms with E-state index in [-0.39, 0.29) is 11.5 Å². The number of rotatable bonds is 1. The number of hydrogen-bond donors (Lipinski definition) is 2. The van der Waals surface area contributed by atoms with Crippen molar-refractivity contribution in [1.82, 2.24) is 0 Å². The van der Waals surface area contributed by atoms with Crippen LogP contribution in [0.5, 0.6) is 11.5 Å². The Morgan fingerprint density at radius 1 is 1.32 bits per heavy atom. The quantitative estimate of drug-likeness (QED) is 0.825. The smallest absolute Gasteiger partial charge is 0.164 e. The minimum atomic E-state index is -0.615. The molecule has 0 aromatic heterocycles. The lowest BCUT2D eigenvalue weighted by molar-refractivity contribution is 0.0899. The number of aliphatic hydroxyl groups excluding tert-OH is 1. The molecule has 1 aliphatic carbocycles. The van der Waals surface area contributed by atoms with Crippen LogP contribution in [0.4, 0.5) is 0 Å². The Bertz CT molecular complexity index is 675. The van der Waals surface area contributed by atoms with Gasteiger partial charge < -0.3 is 14.9 Å². The molecule has 98 valence electrons. The summed E-state index contributed by atoms with van der Waals surface area (Å²) in [6.45, 7) is 0. The number of phenols is 1. The van der Waals surface area contributed by atoms with E-state index in [0.717, 1.165) is 5.39 Å². The van der Waals surface area contributed by atoms with E-state index in [2.05, 4.69) is 0 Å². The molecule has 0 saturated heterocycles. The van der Waals surface area contributed by atoms with E-state index in [1.54, 1.807) is 18.2 Å². The summed E-state index contributed by atoms with van der Waals surface area (Å²) in [5, 5.41) is 21.1. The molecule has 0 amide bonds. The molecule has 3 rings (SSSR count). The third-order valence-electron chi connectivity index (χ3n) is 3.60. The molecule has 0 fully saturated rings. The zero-order chi connectivity index (χ0) is 13.6. The van der Waals surface area contributed by atoms with Crippen molar-refractivity contribution in [3.63, 3.8) is 0 Å². The molecule has 0 heterocycles. The Balaban J connectivity index is 2.43. The highest BCUT2D eigenvalue weighted by atomic mass is 16.5. The first kappa shape index (κ1) is 12.0. The Morgan fingerprint density at radius 3 is 2.84 bits per heavy atom. The van der Waals surface area contributed by atoms with Crippen molar-refractivity contribution < 1.29 is 19.7 Å². The summed E-state index contributed by atoms with van der Waals surface area (Å²) in [5.41, 5.74) is 1.17. The first-order chi connectivity index (χ1) is 9.11. The van der Waals surface area contributed by atoms with Crippen molar-refractivity contribution in [3.8, 4) is 11.5 Å². The molecule has 1 aliphatic rings. The van der Waals surface area contributed by atoms with Gasteiger partial charge in [-0.05, 0) is 23.4 Å². The fourth-order valence-corrected chi connectivity index (χ4v) is 2.72. The highest BCUT2D eigenvalue weighted by molar-refractivity contribution is 6.12. The van der Waals surface area contributed by atoms with E-state index in [9.17, 15) is 15.0 Å². The van der Waals surface area contributed by atoms with Crippen LogP contribution in [0, 0.1) is 0 Å². The van der Waals surface area contributed by atoms with Gasteiger partial charge in [-0.2, -0.15) is 0 Å². The second-order valence-corrected chi connectivity index (χ2v) is 4.75. The van der Waals surface area contributed by atoms with Gasteiger partial charge in [0.05, 0.1) is 13.2 Å². The average molecular weight is 258 g/mol. The number of Topliss-reactive ketones (excluding diaryl/α,β-unsaturated/α-hetero) is 1. The zero-order valence-corrected chi connectivity index (χ0v) is 10.5. The maximum atomic E-state index is 12.2. The molecule has 2 aromatic carbocycles. The average Bonchev–Trinajstić information content (AvgIpc) is 2.41. The van der Waals surface area contributed by atoms with Crippen molar-refractivity contribution in [2.45, 2.75) is 18.9 Å². The van der Waals surface area contributed by atoms with Gasteiger partial charge in [0, 0.05) is 23.4 Å². The minimum Gasteiger partial charge on any atom is -0.508 e. The van der Waals surface area contributed by atoms with Crippen LogP contribution in [-0.2, 0) is 0 Å².